The van der Waals surface area contributed by atoms with Gasteiger partial charge in [-0.3, -0.25) is 0 Å². The van der Waals surface area contributed by atoms with Gasteiger partial charge in [0.25, 0.3) is 0 Å². The van der Waals surface area contributed by atoms with E-state index in [1.807, 2.05) is 0 Å². The number of para-hydroxylation sites is 1. The predicted molar refractivity (Wildman–Crippen MR) is 86.9 cm³/mol. The zero-order valence-electron chi connectivity index (χ0n) is 12.2. The Bertz CT molecular complexity index is 547. The fourth-order valence-corrected chi connectivity index (χ4v) is 3.28. The van der Waals surface area contributed by atoms with E-state index in [4.69, 9.17) is 0 Å². The predicted octanol–water partition coefficient (Wildman–Crippen LogP) is 5.34. The van der Waals surface area contributed by atoms with E-state index in [1.165, 1.54) is 42.5 Å². The minimum absolute atomic E-state index is 0.643. The summed E-state index contributed by atoms with van der Waals surface area (Å²) in [6.07, 6.45) is 5.32. The van der Waals surface area contributed by atoms with Gasteiger partial charge in [-0.1, -0.05) is 61.9 Å². The normalized spacial score (nSPS) is 21.9. The summed E-state index contributed by atoms with van der Waals surface area (Å²) in [4.78, 5) is 0. The molecule has 2 unspecified atom stereocenters. The van der Waals surface area contributed by atoms with Gasteiger partial charge in [-0.15, -0.1) is 0 Å². The second-order valence-electron chi connectivity index (χ2n) is 5.84. The van der Waals surface area contributed by atoms with Gasteiger partial charge in [-0.05, 0) is 36.8 Å². The molecule has 104 valence electrons. The van der Waals surface area contributed by atoms with Gasteiger partial charge in [0.1, 0.15) is 0 Å². The van der Waals surface area contributed by atoms with Gasteiger partial charge in [-0.2, -0.15) is 0 Å². The van der Waals surface area contributed by atoms with Crippen molar-refractivity contribution < 1.29 is 0 Å². The summed E-state index contributed by atoms with van der Waals surface area (Å²) in [5.41, 5.74) is 3.88. The molecule has 2 aromatic carbocycles. The lowest BCUT2D eigenvalue weighted by Crippen LogP contribution is -2.16. The Balaban J connectivity index is 1.80. The molecule has 20 heavy (non-hydrogen) atoms. The zero-order chi connectivity index (χ0) is 13.8. The SMILES string of the molecule is CCC1CCC(Nc2ccccc2-c2ccccc2)C1. The van der Waals surface area contributed by atoms with Gasteiger partial charge >= 0.3 is 0 Å². The molecule has 0 amide bonds. The molecule has 1 nitrogen and oxygen atoms in total. The molecule has 0 heterocycles. The lowest BCUT2D eigenvalue weighted by molar-refractivity contribution is 0.525. The summed E-state index contributed by atoms with van der Waals surface area (Å²) in [6.45, 7) is 2.31. The highest BCUT2D eigenvalue weighted by Crippen LogP contribution is 2.33. The van der Waals surface area contributed by atoms with E-state index in [0.717, 1.165) is 5.92 Å². The number of anilines is 1. The first kappa shape index (κ1) is 13.2. The molecule has 2 aromatic rings. The highest BCUT2D eigenvalue weighted by molar-refractivity contribution is 5.77. The van der Waals surface area contributed by atoms with E-state index in [1.54, 1.807) is 0 Å². The summed E-state index contributed by atoms with van der Waals surface area (Å²) >= 11 is 0. The Morgan fingerprint density at radius 3 is 2.45 bits per heavy atom. The highest BCUT2D eigenvalue weighted by Gasteiger charge is 2.23. The van der Waals surface area contributed by atoms with E-state index < -0.39 is 0 Å². The maximum absolute atomic E-state index is 3.77. The zero-order valence-corrected chi connectivity index (χ0v) is 12.2. The van der Waals surface area contributed by atoms with E-state index in [-0.39, 0.29) is 0 Å². The highest BCUT2D eigenvalue weighted by atomic mass is 14.9. The van der Waals surface area contributed by atoms with Gasteiger partial charge in [0.15, 0.2) is 0 Å². The molecule has 1 aliphatic rings. The average molecular weight is 265 g/mol. The van der Waals surface area contributed by atoms with Gasteiger partial charge in [-0.25, -0.2) is 0 Å². The smallest absolute Gasteiger partial charge is 0.0422 e. The first-order chi connectivity index (χ1) is 9.86. The summed E-state index contributed by atoms with van der Waals surface area (Å²) in [5, 5.41) is 3.77. The van der Waals surface area contributed by atoms with Crippen molar-refractivity contribution in [2.75, 3.05) is 5.32 Å². The van der Waals surface area contributed by atoms with Gasteiger partial charge in [0.05, 0.1) is 0 Å². The summed E-state index contributed by atoms with van der Waals surface area (Å²) < 4.78 is 0. The van der Waals surface area contributed by atoms with Gasteiger partial charge in [0, 0.05) is 17.3 Å². The Kier molecular flexibility index (Phi) is 4.05. The van der Waals surface area contributed by atoms with Crippen LogP contribution in [0.2, 0.25) is 0 Å². The second kappa shape index (κ2) is 6.13. The molecule has 1 N–H and O–H groups in total. The molecule has 0 aromatic heterocycles. The van der Waals surface area contributed by atoms with Crippen molar-refractivity contribution in [3.05, 3.63) is 54.6 Å². The van der Waals surface area contributed by atoms with Crippen LogP contribution in [0, 0.1) is 5.92 Å². The fourth-order valence-electron chi connectivity index (χ4n) is 3.28. The minimum Gasteiger partial charge on any atom is -0.382 e. The third-order valence-corrected chi connectivity index (χ3v) is 4.49. The lowest BCUT2D eigenvalue weighted by Gasteiger charge is -2.18. The van der Waals surface area contributed by atoms with Crippen LogP contribution in [-0.4, -0.2) is 6.04 Å². The largest absolute Gasteiger partial charge is 0.382 e. The summed E-state index contributed by atoms with van der Waals surface area (Å²) in [6, 6.07) is 20.0. The Morgan fingerprint density at radius 2 is 1.70 bits per heavy atom. The molecule has 1 heteroatoms. The van der Waals surface area contributed by atoms with Crippen LogP contribution in [0.1, 0.15) is 32.6 Å². The number of hydrogen-bond donors (Lipinski definition) is 1. The maximum Gasteiger partial charge on any atom is 0.0422 e. The maximum atomic E-state index is 3.77. The third kappa shape index (κ3) is 2.87. The summed E-state index contributed by atoms with van der Waals surface area (Å²) in [7, 11) is 0. The van der Waals surface area contributed by atoms with Crippen LogP contribution in [0.25, 0.3) is 11.1 Å². The van der Waals surface area contributed by atoms with Crippen LogP contribution in [0.5, 0.6) is 0 Å². The molecule has 0 spiro atoms. The quantitative estimate of drug-likeness (QED) is 0.786. The molecule has 1 saturated carbocycles. The first-order valence-corrected chi connectivity index (χ1v) is 7.78. The standard InChI is InChI=1S/C19H23N/c1-2-15-12-13-17(14-15)20-19-11-7-6-10-18(19)16-8-4-3-5-9-16/h3-11,15,17,20H,2,12-14H2,1H3. The lowest BCUT2D eigenvalue weighted by atomic mass is 10.0. The van der Waals surface area contributed by atoms with Crippen molar-refractivity contribution in [3.8, 4) is 11.1 Å². The van der Waals surface area contributed by atoms with Crippen molar-refractivity contribution in [1.29, 1.82) is 0 Å². The van der Waals surface area contributed by atoms with Crippen LogP contribution >= 0.6 is 0 Å². The van der Waals surface area contributed by atoms with Gasteiger partial charge in [0.2, 0.25) is 0 Å². The molecule has 3 rings (SSSR count). The van der Waals surface area contributed by atoms with Crippen LogP contribution in [0.3, 0.4) is 0 Å². The molecule has 0 radical (unpaired) electrons. The molecule has 0 aliphatic heterocycles. The van der Waals surface area contributed by atoms with E-state index in [0.29, 0.717) is 6.04 Å². The third-order valence-electron chi connectivity index (χ3n) is 4.49. The monoisotopic (exact) mass is 265 g/mol. The number of nitrogens with one attached hydrogen (secondary N) is 1. The number of rotatable bonds is 4. The van der Waals surface area contributed by atoms with Crippen LogP contribution in [-0.2, 0) is 0 Å². The van der Waals surface area contributed by atoms with Gasteiger partial charge < -0.3 is 5.32 Å². The van der Waals surface area contributed by atoms with Crippen molar-refractivity contribution in [3.63, 3.8) is 0 Å². The number of benzene rings is 2. The van der Waals surface area contributed by atoms with Crippen molar-refractivity contribution in [1.82, 2.24) is 0 Å². The molecule has 1 fully saturated rings. The number of hydrogen-bond acceptors (Lipinski definition) is 1. The Labute approximate surface area is 122 Å². The van der Waals surface area contributed by atoms with E-state index >= 15 is 0 Å². The Hall–Kier alpha value is -1.76. The average Bonchev–Trinajstić information content (AvgIpc) is 2.96. The fraction of sp³-hybridized carbons (Fsp3) is 0.368. The molecular weight excluding hydrogens is 242 g/mol. The first-order valence-electron chi connectivity index (χ1n) is 7.78. The second-order valence-corrected chi connectivity index (χ2v) is 5.84. The van der Waals surface area contributed by atoms with Crippen molar-refractivity contribution in [2.24, 2.45) is 5.92 Å². The van der Waals surface area contributed by atoms with Crippen LogP contribution in [0.4, 0.5) is 5.69 Å². The molecule has 0 saturated heterocycles. The van der Waals surface area contributed by atoms with Crippen molar-refractivity contribution in [2.45, 2.75) is 38.6 Å². The van der Waals surface area contributed by atoms with Crippen LogP contribution < -0.4 is 5.32 Å². The molecule has 0 bridgehead atoms. The van der Waals surface area contributed by atoms with E-state index in [2.05, 4.69) is 66.8 Å². The molecular formula is C19H23N. The Morgan fingerprint density at radius 1 is 0.950 bits per heavy atom. The van der Waals surface area contributed by atoms with E-state index in [9.17, 15) is 0 Å². The minimum atomic E-state index is 0.643. The summed E-state index contributed by atoms with van der Waals surface area (Å²) in [5.74, 6) is 0.913. The van der Waals surface area contributed by atoms with Crippen molar-refractivity contribution >= 4 is 5.69 Å². The molecule has 2 atom stereocenters. The topological polar surface area (TPSA) is 12.0 Å². The van der Waals surface area contributed by atoms with Crippen LogP contribution in [0.15, 0.2) is 54.6 Å². The molecule has 1 aliphatic carbocycles.